The van der Waals surface area contributed by atoms with Gasteiger partial charge in [0.1, 0.15) is 6.10 Å². The van der Waals surface area contributed by atoms with Crippen molar-refractivity contribution in [2.24, 2.45) is 0 Å². The van der Waals surface area contributed by atoms with Crippen molar-refractivity contribution in [1.29, 1.82) is 0 Å². The Morgan fingerprint density at radius 2 is 0.607 bits per heavy atom. The normalized spacial score (nSPS) is 29.2. The maximum Gasteiger partial charge on any atom is 0.303 e. The van der Waals surface area contributed by atoms with Crippen LogP contribution in [-0.2, 0) is 52.4 Å². The topological polar surface area (TPSA) is 141 Å². The molecule has 11 heteroatoms. The van der Waals surface area contributed by atoms with Gasteiger partial charge in [0, 0.05) is 41.7 Å². The van der Waals surface area contributed by atoms with Crippen molar-refractivity contribution in [3.8, 4) is 0 Å². The van der Waals surface area contributed by atoms with Gasteiger partial charge < -0.3 is 28.4 Å². The summed E-state index contributed by atoms with van der Waals surface area (Å²) in [6.45, 7) is 5.49. The average Bonchev–Trinajstić information content (AvgIpc) is 2.52. The second-order valence-electron chi connectivity index (χ2n) is 6.07. The van der Waals surface area contributed by atoms with Gasteiger partial charge in [-0.15, -0.1) is 0 Å². The van der Waals surface area contributed by atoms with Crippen LogP contribution in [0.5, 0.6) is 0 Å². The van der Waals surface area contributed by atoms with E-state index < -0.39 is 66.5 Å². The van der Waals surface area contributed by atoms with E-state index in [0.29, 0.717) is 0 Å². The van der Waals surface area contributed by atoms with E-state index >= 15 is 0 Å². The largest absolute Gasteiger partial charge is 0.455 e. The Balaban J connectivity index is 3.54. The molecule has 0 radical (unpaired) electrons. The van der Waals surface area contributed by atoms with E-state index in [2.05, 4.69) is 0 Å². The third-order valence-corrected chi connectivity index (χ3v) is 3.73. The standard InChI is InChI=1S/C17H24O11/c1-7(18)24-13-12(23-6)14(25-8(2)19)16(27-10(4)21)17(28-11(5)22)15(13)26-9(3)20/h12-17H,1-6H3/t12?,13-,14+,15-,16-,17?/m1/s1. The van der Waals surface area contributed by atoms with Crippen LogP contribution in [0.4, 0.5) is 0 Å². The highest BCUT2D eigenvalue weighted by atomic mass is 16.7. The minimum atomic E-state index is -1.43. The van der Waals surface area contributed by atoms with Gasteiger partial charge in [-0.1, -0.05) is 0 Å². The van der Waals surface area contributed by atoms with E-state index in [9.17, 15) is 24.0 Å². The fourth-order valence-corrected chi connectivity index (χ4v) is 3.02. The first-order valence-electron chi connectivity index (χ1n) is 8.36. The zero-order valence-electron chi connectivity index (χ0n) is 16.5. The Morgan fingerprint density at radius 1 is 0.429 bits per heavy atom. The van der Waals surface area contributed by atoms with Gasteiger partial charge in [-0.05, 0) is 0 Å². The molecule has 1 fully saturated rings. The van der Waals surface area contributed by atoms with E-state index in [-0.39, 0.29) is 0 Å². The van der Waals surface area contributed by atoms with Crippen molar-refractivity contribution >= 4 is 29.8 Å². The zero-order valence-corrected chi connectivity index (χ0v) is 16.5. The van der Waals surface area contributed by atoms with Crippen LogP contribution in [0.15, 0.2) is 0 Å². The van der Waals surface area contributed by atoms with Crippen molar-refractivity contribution in [2.45, 2.75) is 71.2 Å². The molecule has 0 aromatic carbocycles. The molecule has 0 spiro atoms. The molecule has 1 saturated carbocycles. The van der Waals surface area contributed by atoms with E-state index in [0.717, 1.165) is 34.6 Å². The van der Waals surface area contributed by atoms with Gasteiger partial charge >= 0.3 is 29.8 Å². The number of carbonyl (C=O) groups is 5. The first-order valence-corrected chi connectivity index (χ1v) is 8.36. The van der Waals surface area contributed by atoms with Crippen LogP contribution >= 0.6 is 0 Å². The highest BCUT2D eigenvalue weighted by Gasteiger charge is 2.59. The van der Waals surface area contributed by atoms with Crippen molar-refractivity contribution < 1.29 is 52.4 Å². The van der Waals surface area contributed by atoms with Crippen molar-refractivity contribution in [1.82, 2.24) is 0 Å². The number of methoxy groups -OCH3 is 1. The molecule has 6 atom stereocenters. The Bertz CT molecular complexity index is 585. The van der Waals surface area contributed by atoms with Crippen LogP contribution in [0.1, 0.15) is 34.6 Å². The first kappa shape index (κ1) is 23.3. The molecule has 0 aromatic rings. The minimum Gasteiger partial charge on any atom is -0.455 e. The quantitative estimate of drug-likeness (QED) is 0.424. The lowest BCUT2D eigenvalue weighted by atomic mass is 9.83. The fraction of sp³-hybridized carbons (Fsp3) is 0.706. The van der Waals surface area contributed by atoms with Gasteiger partial charge in [-0.3, -0.25) is 24.0 Å². The van der Waals surface area contributed by atoms with Crippen LogP contribution < -0.4 is 0 Å². The summed E-state index contributed by atoms with van der Waals surface area (Å²) in [7, 11) is 1.24. The van der Waals surface area contributed by atoms with Crippen LogP contribution in [0, 0.1) is 0 Å². The SMILES string of the molecule is COC1[C@@H](OC(C)=O)[C@@H](OC(C)=O)C(OC(C)=O)[C@H](OC(C)=O)[C@H]1OC(C)=O. The van der Waals surface area contributed by atoms with Gasteiger partial charge in [-0.25, -0.2) is 0 Å². The summed E-state index contributed by atoms with van der Waals surface area (Å²) in [5, 5.41) is 0. The summed E-state index contributed by atoms with van der Waals surface area (Å²) in [5.74, 6) is -3.85. The predicted molar refractivity (Wildman–Crippen MR) is 88.6 cm³/mol. The number of hydrogen-bond donors (Lipinski definition) is 0. The van der Waals surface area contributed by atoms with Gasteiger partial charge in [0.15, 0.2) is 30.5 Å². The van der Waals surface area contributed by atoms with Gasteiger partial charge in [0.2, 0.25) is 0 Å². The van der Waals surface area contributed by atoms with Crippen LogP contribution in [0.3, 0.4) is 0 Å². The Labute approximate surface area is 161 Å². The lowest BCUT2D eigenvalue weighted by molar-refractivity contribution is -0.259. The molecule has 2 unspecified atom stereocenters. The molecule has 28 heavy (non-hydrogen) atoms. The summed E-state index contributed by atoms with van der Waals surface area (Å²) in [5.41, 5.74) is 0. The Morgan fingerprint density at radius 3 is 0.750 bits per heavy atom. The number of hydrogen-bond acceptors (Lipinski definition) is 11. The molecule has 1 rings (SSSR count). The number of esters is 5. The Hall–Kier alpha value is -2.69. The lowest BCUT2D eigenvalue weighted by Crippen LogP contribution is -2.68. The summed E-state index contributed by atoms with van der Waals surface area (Å²) >= 11 is 0. The third-order valence-electron chi connectivity index (χ3n) is 3.73. The molecular weight excluding hydrogens is 380 g/mol. The maximum atomic E-state index is 11.6. The summed E-state index contributed by atoms with van der Waals surface area (Å²) in [6, 6.07) is 0. The highest BCUT2D eigenvalue weighted by Crippen LogP contribution is 2.34. The molecule has 158 valence electrons. The molecule has 0 bridgehead atoms. The monoisotopic (exact) mass is 404 g/mol. The fourth-order valence-electron chi connectivity index (χ4n) is 3.02. The van der Waals surface area contributed by atoms with Gasteiger partial charge in [0.25, 0.3) is 0 Å². The average molecular weight is 404 g/mol. The highest BCUT2D eigenvalue weighted by molar-refractivity contribution is 5.70. The smallest absolute Gasteiger partial charge is 0.303 e. The lowest BCUT2D eigenvalue weighted by Gasteiger charge is -2.46. The van der Waals surface area contributed by atoms with Crippen molar-refractivity contribution in [3.05, 3.63) is 0 Å². The molecular formula is C17H24O11. The molecule has 0 saturated heterocycles. The van der Waals surface area contributed by atoms with Crippen LogP contribution in [0.25, 0.3) is 0 Å². The van der Waals surface area contributed by atoms with E-state index in [4.69, 9.17) is 28.4 Å². The van der Waals surface area contributed by atoms with E-state index in [1.165, 1.54) is 7.11 Å². The minimum absolute atomic E-state index is 0.752. The van der Waals surface area contributed by atoms with Crippen LogP contribution in [0.2, 0.25) is 0 Å². The third kappa shape index (κ3) is 6.19. The zero-order chi connectivity index (χ0) is 21.6. The number of ether oxygens (including phenoxy) is 6. The number of carbonyl (C=O) groups excluding carboxylic acids is 5. The molecule has 0 aliphatic heterocycles. The summed E-state index contributed by atoms with van der Waals surface area (Å²) in [6.07, 6.45) is -8.00. The second kappa shape index (κ2) is 10.0. The first-order chi connectivity index (χ1) is 13.0. The Kier molecular flexibility index (Phi) is 8.35. The van der Waals surface area contributed by atoms with Crippen molar-refractivity contribution in [2.75, 3.05) is 7.11 Å². The molecule has 1 aliphatic carbocycles. The maximum absolute atomic E-state index is 11.6. The molecule has 0 N–H and O–H groups in total. The predicted octanol–water partition coefficient (Wildman–Crippen LogP) is -0.326. The molecule has 0 aromatic heterocycles. The summed E-state index contributed by atoms with van der Waals surface area (Å²) in [4.78, 5) is 58.1. The van der Waals surface area contributed by atoms with Gasteiger partial charge in [-0.2, -0.15) is 0 Å². The molecule has 0 heterocycles. The molecule has 11 nitrogen and oxygen atoms in total. The van der Waals surface area contributed by atoms with Crippen LogP contribution in [-0.4, -0.2) is 73.6 Å². The van der Waals surface area contributed by atoms with E-state index in [1.54, 1.807) is 0 Å². The van der Waals surface area contributed by atoms with Gasteiger partial charge in [0.05, 0.1) is 0 Å². The number of rotatable bonds is 6. The molecule has 0 amide bonds. The molecule has 1 aliphatic rings. The summed E-state index contributed by atoms with van der Waals surface area (Å²) < 4.78 is 31.4. The van der Waals surface area contributed by atoms with E-state index in [1.807, 2.05) is 0 Å². The van der Waals surface area contributed by atoms with Crippen molar-refractivity contribution in [3.63, 3.8) is 0 Å². The second-order valence-corrected chi connectivity index (χ2v) is 6.07.